The summed E-state index contributed by atoms with van der Waals surface area (Å²) in [5, 5.41) is 32.1. The van der Waals surface area contributed by atoms with Crippen LogP contribution in [-0.4, -0.2) is 86.5 Å². The normalized spacial score (nSPS) is 11.7. The van der Waals surface area contributed by atoms with Gasteiger partial charge in [0.1, 0.15) is 23.0 Å². The number of nitrogens with one attached hydrogen (secondary N) is 4. The zero-order chi connectivity index (χ0) is 31.3. The molecule has 0 atom stereocenters. The number of thioether (sulfide) groups is 2. The average molecular weight is 629 g/mol. The van der Waals surface area contributed by atoms with E-state index in [1.165, 1.54) is 0 Å². The monoisotopic (exact) mass is 628 g/mol. The maximum atomic E-state index is 10.3. The lowest BCUT2D eigenvalue weighted by molar-refractivity contribution is -0.404. The SMILES string of the molecule is CN/C(=C/[N+](=O)[O-])NCCSCc1ccc(CN(C)C)o1.CN/C(=C/[N+](=O)[O-])NCCSCc1ccc(CN(C)C)o1. The average Bonchev–Trinajstić information content (AvgIpc) is 3.55. The number of hydrogen-bond acceptors (Lipinski definition) is 14. The van der Waals surface area contributed by atoms with E-state index in [1.54, 1.807) is 37.6 Å². The quantitative estimate of drug-likeness (QED) is 0.0960. The summed E-state index contributed by atoms with van der Waals surface area (Å²) in [5.74, 6) is 7.89. The number of hydrogen-bond donors (Lipinski definition) is 4. The lowest BCUT2D eigenvalue weighted by Crippen LogP contribution is -2.26. The van der Waals surface area contributed by atoms with Crippen molar-refractivity contribution in [2.75, 3.05) is 66.9 Å². The van der Waals surface area contributed by atoms with Crippen molar-refractivity contribution in [2.45, 2.75) is 24.6 Å². The molecule has 236 valence electrons. The van der Waals surface area contributed by atoms with Gasteiger partial charge in [-0.25, -0.2) is 0 Å². The molecule has 0 radical (unpaired) electrons. The molecule has 0 amide bonds. The Morgan fingerprint density at radius 1 is 0.738 bits per heavy atom. The van der Waals surface area contributed by atoms with Crippen LogP contribution in [0.3, 0.4) is 0 Å². The first-order valence-electron chi connectivity index (χ1n) is 13.2. The first-order valence-corrected chi connectivity index (χ1v) is 15.5. The number of furan rings is 2. The van der Waals surface area contributed by atoms with Crippen molar-refractivity contribution >= 4 is 23.5 Å². The van der Waals surface area contributed by atoms with Crippen molar-refractivity contribution in [3.63, 3.8) is 0 Å². The van der Waals surface area contributed by atoms with Crippen LogP contribution in [0, 0.1) is 20.2 Å². The number of nitro groups is 2. The van der Waals surface area contributed by atoms with E-state index < -0.39 is 9.85 Å². The van der Waals surface area contributed by atoms with Gasteiger partial charge in [-0.2, -0.15) is 23.5 Å². The highest BCUT2D eigenvalue weighted by Crippen LogP contribution is 2.17. The Hall–Kier alpha value is -3.34. The van der Waals surface area contributed by atoms with E-state index in [-0.39, 0.29) is 0 Å². The second kappa shape index (κ2) is 21.4. The lowest BCUT2D eigenvalue weighted by Gasteiger charge is -2.07. The molecule has 4 N–H and O–H groups in total. The van der Waals surface area contributed by atoms with Gasteiger partial charge in [-0.15, -0.1) is 0 Å². The van der Waals surface area contributed by atoms with Gasteiger partial charge in [-0.05, 0) is 52.5 Å². The van der Waals surface area contributed by atoms with Gasteiger partial charge >= 0.3 is 0 Å². The van der Waals surface area contributed by atoms with Crippen LogP contribution in [0.1, 0.15) is 23.0 Å². The van der Waals surface area contributed by atoms with Crippen LogP contribution in [0.4, 0.5) is 0 Å². The number of rotatable bonds is 20. The minimum atomic E-state index is -0.485. The Kier molecular flexibility index (Phi) is 18.7. The third-order valence-electron chi connectivity index (χ3n) is 5.00. The zero-order valence-electron chi connectivity index (χ0n) is 25.2. The molecule has 2 heterocycles. The van der Waals surface area contributed by atoms with Crippen LogP contribution >= 0.6 is 23.5 Å². The minimum absolute atomic E-state index is 0.409. The van der Waals surface area contributed by atoms with Gasteiger partial charge in [0.15, 0.2) is 11.6 Å². The van der Waals surface area contributed by atoms with Crippen LogP contribution in [0.15, 0.2) is 57.1 Å². The minimum Gasteiger partial charge on any atom is -0.464 e. The third kappa shape index (κ3) is 18.2. The summed E-state index contributed by atoms with van der Waals surface area (Å²) in [7, 11) is 11.3. The van der Waals surface area contributed by atoms with Gasteiger partial charge < -0.3 is 39.9 Å². The van der Waals surface area contributed by atoms with Crippen molar-refractivity contribution in [3.8, 4) is 0 Å². The fourth-order valence-electron chi connectivity index (χ4n) is 3.26. The summed E-state index contributed by atoms with van der Waals surface area (Å²) in [6, 6.07) is 7.97. The number of nitrogens with zero attached hydrogens (tertiary/aromatic N) is 4. The second-order valence-corrected chi connectivity index (χ2v) is 11.5. The topological polar surface area (TPSA) is 167 Å². The molecule has 2 aromatic heterocycles. The van der Waals surface area contributed by atoms with E-state index >= 15 is 0 Å². The van der Waals surface area contributed by atoms with Crippen molar-refractivity contribution in [3.05, 3.63) is 91.6 Å². The first-order chi connectivity index (χ1) is 20.0. The first kappa shape index (κ1) is 36.7. The smallest absolute Gasteiger partial charge is 0.274 e. The van der Waals surface area contributed by atoms with Gasteiger partial charge in [0.2, 0.25) is 0 Å². The summed E-state index contributed by atoms with van der Waals surface area (Å²) < 4.78 is 11.4. The molecule has 0 saturated heterocycles. The van der Waals surface area contributed by atoms with Crippen LogP contribution in [0.2, 0.25) is 0 Å². The molecule has 0 unspecified atom stereocenters. The van der Waals surface area contributed by atoms with Crippen molar-refractivity contribution in [2.24, 2.45) is 0 Å². The molecule has 42 heavy (non-hydrogen) atoms. The van der Waals surface area contributed by atoms with E-state index in [1.807, 2.05) is 52.5 Å². The van der Waals surface area contributed by atoms with Gasteiger partial charge in [-0.3, -0.25) is 20.2 Å². The Bertz CT molecular complexity index is 1030. The largest absolute Gasteiger partial charge is 0.464 e. The molecule has 16 heteroatoms. The van der Waals surface area contributed by atoms with Crippen LogP contribution in [-0.2, 0) is 24.6 Å². The van der Waals surface area contributed by atoms with Crippen molar-refractivity contribution in [1.82, 2.24) is 31.1 Å². The van der Waals surface area contributed by atoms with Crippen molar-refractivity contribution < 1.29 is 18.7 Å². The molecule has 2 aromatic rings. The second-order valence-electron chi connectivity index (χ2n) is 9.33. The predicted molar refractivity (Wildman–Crippen MR) is 169 cm³/mol. The zero-order valence-corrected chi connectivity index (χ0v) is 26.8. The fourth-order valence-corrected chi connectivity index (χ4v) is 4.76. The van der Waals surface area contributed by atoms with E-state index in [0.29, 0.717) is 24.7 Å². The molecule has 2 rings (SSSR count). The molecule has 0 fully saturated rings. The van der Waals surface area contributed by atoms with Crippen LogP contribution in [0.5, 0.6) is 0 Å². The maximum Gasteiger partial charge on any atom is 0.274 e. The van der Waals surface area contributed by atoms with Gasteiger partial charge in [-0.1, -0.05) is 0 Å². The summed E-state index contributed by atoms with van der Waals surface area (Å²) in [6.07, 6.45) is 1.84. The van der Waals surface area contributed by atoms with Crippen LogP contribution in [0.25, 0.3) is 0 Å². The molecule has 14 nitrogen and oxygen atoms in total. The summed E-state index contributed by atoms with van der Waals surface area (Å²) in [4.78, 5) is 23.8. The molecule has 0 aliphatic heterocycles. The Balaban J connectivity index is 0.000000420. The molecule has 0 bridgehead atoms. The van der Waals surface area contributed by atoms with Gasteiger partial charge in [0.25, 0.3) is 12.4 Å². The van der Waals surface area contributed by atoms with E-state index in [0.717, 1.165) is 71.5 Å². The van der Waals surface area contributed by atoms with Gasteiger partial charge in [0, 0.05) is 38.7 Å². The maximum absolute atomic E-state index is 10.3. The van der Waals surface area contributed by atoms with Gasteiger partial charge in [0.05, 0.1) is 34.4 Å². The summed E-state index contributed by atoms with van der Waals surface area (Å²) in [6.45, 7) is 2.89. The summed E-state index contributed by atoms with van der Waals surface area (Å²) in [5.41, 5.74) is 0. The highest BCUT2D eigenvalue weighted by Gasteiger charge is 2.05. The lowest BCUT2D eigenvalue weighted by atomic mass is 10.4. The Morgan fingerprint density at radius 2 is 1.10 bits per heavy atom. The highest BCUT2D eigenvalue weighted by atomic mass is 32.2. The van der Waals surface area contributed by atoms with E-state index in [2.05, 4.69) is 31.1 Å². The molecule has 0 aliphatic rings. The highest BCUT2D eigenvalue weighted by molar-refractivity contribution is 7.98. The Morgan fingerprint density at radius 3 is 1.40 bits per heavy atom. The van der Waals surface area contributed by atoms with E-state index in [9.17, 15) is 20.2 Å². The Labute approximate surface area is 256 Å². The molecular weight excluding hydrogens is 584 g/mol. The third-order valence-corrected chi connectivity index (χ3v) is 6.96. The summed E-state index contributed by atoms with van der Waals surface area (Å²) >= 11 is 3.43. The molecule has 0 saturated carbocycles. The molecule has 0 aromatic carbocycles. The molecule has 0 aliphatic carbocycles. The molecule has 0 spiro atoms. The fraction of sp³-hybridized carbons (Fsp3) is 0.538. The van der Waals surface area contributed by atoms with Crippen LogP contribution < -0.4 is 21.3 Å². The standard InChI is InChI=1S/2C13H22N4O3S/c2*1-14-13(9-17(18)19)15-6-7-21-10-12-5-4-11(20-12)8-16(2)3/h2*4-5,9,14-15H,6-8,10H2,1-3H3/b2*13-9-. The van der Waals surface area contributed by atoms with E-state index in [4.69, 9.17) is 8.83 Å². The molecular formula is C26H44N8O6S2. The predicted octanol–water partition coefficient (Wildman–Crippen LogP) is 2.92. The van der Waals surface area contributed by atoms with Crippen molar-refractivity contribution in [1.29, 1.82) is 0 Å².